The molecule has 0 amide bonds. The highest BCUT2D eigenvalue weighted by Gasteiger charge is 2.35. The van der Waals surface area contributed by atoms with Crippen molar-refractivity contribution in [3.05, 3.63) is 17.0 Å². The smallest absolute Gasteiger partial charge is 0.360 e. The number of hydrogen-bond donors (Lipinski definition) is 1. The van der Waals surface area contributed by atoms with Crippen molar-refractivity contribution in [1.29, 1.82) is 0 Å². The minimum atomic E-state index is -0.868. The Morgan fingerprint density at radius 1 is 0.692 bits per heavy atom. The molecule has 146 valence electrons. The third kappa shape index (κ3) is 6.50. The Labute approximate surface area is 153 Å². The number of H-pyrrole nitrogens is 1. The Hall–Kier alpha value is -2.38. The van der Waals surface area contributed by atoms with E-state index in [1.807, 2.05) is 0 Å². The van der Waals surface area contributed by atoms with Crippen LogP contribution in [0, 0.1) is 0 Å². The number of carbonyl (C=O) groups is 3. The van der Waals surface area contributed by atoms with Gasteiger partial charge in [0.25, 0.3) is 0 Å². The molecule has 0 saturated heterocycles. The largest absolute Gasteiger partial charge is 0.456 e. The van der Waals surface area contributed by atoms with E-state index in [-0.39, 0.29) is 17.0 Å². The molecule has 8 nitrogen and oxygen atoms in total. The molecular weight excluding hydrogens is 340 g/mol. The number of rotatable bonds is 3. The van der Waals surface area contributed by atoms with Gasteiger partial charge < -0.3 is 14.2 Å². The minimum absolute atomic E-state index is 0.255. The highest BCUT2D eigenvalue weighted by Crippen LogP contribution is 2.22. The molecule has 0 bridgehead atoms. The van der Waals surface area contributed by atoms with E-state index in [1.165, 1.54) is 0 Å². The Bertz CT molecular complexity index is 653. The second kappa shape index (κ2) is 7.09. The summed E-state index contributed by atoms with van der Waals surface area (Å²) in [7, 11) is 0. The summed E-state index contributed by atoms with van der Waals surface area (Å²) in [6.07, 6.45) is 0. The second-order valence-electron chi connectivity index (χ2n) is 8.83. The van der Waals surface area contributed by atoms with Gasteiger partial charge in [-0.15, -0.1) is 0 Å². The fourth-order valence-corrected chi connectivity index (χ4v) is 1.82. The van der Waals surface area contributed by atoms with Gasteiger partial charge in [0.15, 0.2) is 11.4 Å². The number of nitrogens with one attached hydrogen (secondary N) is 1. The summed E-state index contributed by atoms with van der Waals surface area (Å²) < 4.78 is 15.8. The molecule has 1 aromatic heterocycles. The van der Waals surface area contributed by atoms with Crippen LogP contribution in [0.3, 0.4) is 0 Å². The van der Waals surface area contributed by atoms with E-state index < -0.39 is 34.7 Å². The van der Waals surface area contributed by atoms with Crippen molar-refractivity contribution in [3.63, 3.8) is 0 Å². The van der Waals surface area contributed by atoms with Crippen molar-refractivity contribution in [1.82, 2.24) is 10.2 Å². The predicted molar refractivity (Wildman–Crippen MR) is 94.1 cm³/mol. The highest BCUT2D eigenvalue weighted by atomic mass is 16.6. The molecule has 26 heavy (non-hydrogen) atoms. The monoisotopic (exact) mass is 368 g/mol. The molecule has 0 saturated carbocycles. The fraction of sp³-hybridized carbons (Fsp3) is 0.667. The van der Waals surface area contributed by atoms with Gasteiger partial charge in [-0.25, -0.2) is 14.4 Å². The van der Waals surface area contributed by atoms with Crippen LogP contribution in [0.25, 0.3) is 0 Å². The van der Waals surface area contributed by atoms with Crippen molar-refractivity contribution in [2.75, 3.05) is 0 Å². The Kier molecular flexibility index (Phi) is 5.91. The van der Waals surface area contributed by atoms with Gasteiger partial charge in [-0.3, -0.25) is 5.10 Å². The molecular formula is C18H28N2O6. The Morgan fingerprint density at radius 2 is 1.08 bits per heavy atom. The quantitative estimate of drug-likeness (QED) is 0.644. The van der Waals surface area contributed by atoms with Crippen LogP contribution < -0.4 is 0 Å². The van der Waals surface area contributed by atoms with Gasteiger partial charge in [0.05, 0.1) is 0 Å². The van der Waals surface area contributed by atoms with Crippen molar-refractivity contribution in [2.24, 2.45) is 0 Å². The van der Waals surface area contributed by atoms with Crippen LogP contribution in [0.5, 0.6) is 0 Å². The van der Waals surface area contributed by atoms with Crippen LogP contribution in [0.4, 0.5) is 0 Å². The zero-order valence-corrected chi connectivity index (χ0v) is 16.9. The molecule has 1 heterocycles. The van der Waals surface area contributed by atoms with Gasteiger partial charge in [0.2, 0.25) is 0 Å². The average molecular weight is 368 g/mol. The summed E-state index contributed by atoms with van der Waals surface area (Å²) >= 11 is 0. The molecule has 0 radical (unpaired) electrons. The summed E-state index contributed by atoms with van der Waals surface area (Å²) in [4.78, 5) is 37.4. The Balaban J connectivity index is 3.37. The van der Waals surface area contributed by atoms with E-state index in [0.717, 1.165) is 0 Å². The third-order valence-electron chi connectivity index (χ3n) is 2.56. The first-order valence-corrected chi connectivity index (χ1v) is 8.28. The van der Waals surface area contributed by atoms with Crippen molar-refractivity contribution in [2.45, 2.75) is 79.1 Å². The number of aromatic amines is 1. The first kappa shape index (κ1) is 21.7. The lowest BCUT2D eigenvalue weighted by molar-refractivity contribution is -0.000122. The fourth-order valence-electron chi connectivity index (χ4n) is 1.82. The third-order valence-corrected chi connectivity index (χ3v) is 2.56. The topological polar surface area (TPSA) is 108 Å². The SMILES string of the molecule is CC(C)(C)OC(=O)c1n[nH]c(C(=O)OC(C)(C)C)c1C(=O)OC(C)(C)C. The summed E-state index contributed by atoms with van der Waals surface area (Å²) in [6.45, 7) is 15.1. The molecule has 1 rings (SSSR count). The standard InChI is InChI=1S/C18H28N2O6/c1-16(2,3)24-13(21)10-11(14(22)25-17(4,5)6)19-20-12(10)15(23)26-18(7,8)9/h1-9H3,(H,19,20). The van der Waals surface area contributed by atoms with Gasteiger partial charge in [0.1, 0.15) is 22.4 Å². The van der Waals surface area contributed by atoms with E-state index in [9.17, 15) is 14.4 Å². The van der Waals surface area contributed by atoms with E-state index in [2.05, 4.69) is 10.2 Å². The summed E-state index contributed by atoms with van der Waals surface area (Å²) in [6, 6.07) is 0. The van der Waals surface area contributed by atoms with E-state index in [4.69, 9.17) is 14.2 Å². The maximum absolute atomic E-state index is 12.6. The molecule has 0 aliphatic carbocycles. The lowest BCUT2D eigenvalue weighted by Crippen LogP contribution is -2.29. The van der Waals surface area contributed by atoms with Crippen molar-refractivity contribution >= 4 is 17.9 Å². The number of hydrogen-bond acceptors (Lipinski definition) is 7. The lowest BCUT2D eigenvalue weighted by atomic mass is 10.1. The maximum atomic E-state index is 12.6. The van der Waals surface area contributed by atoms with Gasteiger partial charge in [-0.1, -0.05) is 0 Å². The van der Waals surface area contributed by atoms with Crippen LogP contribution in [-0.2, 0) is 14.2 Å². The maximum Gasteiger partial charge on any atom is 0.360 e. The second-order valence-corrected chi connectivity index (χ2v) is 8.83. The van der Waals surface area contributed by atoms with Gasteiger partial charge in [-0.05, 0) is 62.3 Å². The van der Waals surface area contributed by atoms with Gasteiger partial charge >= 0.3 is 17.9 Å². The van der Waals surface area contributed by atoms with Crippen LogP contribution in [0.15, 0.2) is 0 Å². The van der Waals surface area contributed by atoms with Gasteiger partial charge in [0, 0.05) is 0 Å². The molecule has 0 atom stereocenters. The molecule has 0 spiro atoms. The van der Waals surface area contributed by atoms with Crippen LogP contribution in [0.1, 0.15) is 93.6 Å². The number of esters is 3. The lowest BCUT2D eigenvalue weighted by Gasteiger charge is -2.22. The van der Waals surface area contributed by atoms with Crippen molar-refractivity contribution < 1.29 is 28.6 Å². The zero-order chi connectivity index (χ0) is 20.5. The van der Waals surface area contributed by atoms with Crippen LogP contribution in [0.2, 0.25) is 0 Å². The summed E-state index contributed by atoms with van der Waals surface area (Å²) in [5.74, 6) is -2.53. The molecule has 1 aromatic rings. The van der Waals surface area contributed by atoms with Crippen LogP contribution in [-0.4, -0.2) is 44.9 Å². The minimum Gasteiger partial charge on any atom is -0.456 e. The molecule has 0 aliphatic heterocycles. The summed E-state index contributed by atoms with van der Waals surface area (Å²) in [5, 5.41) is 6.21. The number of ether oxygens (including phenoxy) is 3. The predicted octanol–water partition coefficient (Wildman–Crippen LogP) is 3.28. The van der Waals surface area contributed by atoms with E-state index >= 15 is 0 Å². The highest BCUT2D eigenvalue weighted by molar-refractivity contribution is 6.09. The molecule has 0 aromatic carbocycles. The van der Waals surface area contributed by atoms with Crippen molar-refractivity contribution in [3.8, 4) is 0 Å². The van der Waals surface area contributed by atoms with E-state index in [0.29, 0.717) is 0 Å². The normalized spacial score (nSPS) is 12.5. The number of nitrogens with zero attached hydrogens (tertiary/aromatic N) is 1. The molecule has 1 N–H and O–H groups in total. The van der Waals surface area contributed by atoms with E-state index in [1.54, 1.807) is 62.3 Å². The number of aromatic nitrogens is 2. The Morgan fingerprint density at radius 3 is 1.50 bits per heavy atom. The molecule has 0 fully saturated rings. The first-order valence-electron chi connectivity index (χ1n) is 8.28. The molecule has 0 aliphatic rings. The molecule has 0 unspecified atom stereocenters. The molecule has 8 heteroatoms. The van der Waals surface area contributed by atoms with Gasteiger partial charge in [-0.2, -0.15) is 5.10 Å². The average Bonchev–Trinajstić information content (AvgIpc) is 2.76. The zero-order valence-electron chi connectivity index (χ0n) is 16.9. The number of carbonyl (C=O) groups excluding carboxylic acids is 3. The van der Waals surface area contributed by atoms with Crippen LogP contribution >= 0.6 is 0 Å². The first-order chi connectivity index (χ1) is 11.5. The summed E-state index contributed by atoms with van der Waals surface area (Å²) in [5.41, 5.74) is -3.30.